The van der Waals surface area contributed by atoms with E-state index in [0.717, 1.165) is 0 Å². The van der Waals surface area contributed by atoms with Crippen LogP contribution in [0.3, 0.4) is 0 Å². The lowest BCUT2D eigenvalue weighted by molar-refractivity contribution is -0.134. The van der Waals surface area contributed by atoms with Gasteiger partial charge in [-0.05, 0) is 6.92 Å². The number of allylic oxidation sites excluding steroid dienone is 1. The average molecular weight is 130 g/mol. The summed E-state index contributed by atoms with van der Waals surface area (Å²) in [5, 5.41) is 0. The van der Waals surface area contributed by atoms with Crippen molar-refractivity contribution in [2.24, 2.45) is 5.84 Å². The van der Waals surface area contributed by atoms with Crippen LogP contribution in [0.25, 0.3) is 0 Å². The monoisotopic (exact) mass is 130 g/mol. The maximum Gasteiger partial charge on any atom is 0.332 e. The van der Waals surface area contributed by atoms with E-state index >= 15 is 0 Å². The minimum absolute atomic E-state index is 0.412. The summed E-state index contributed by atoms with van der Waals surface area (Å²) in [6, 6.07) is 0. The van der Waals surface area contributed by atoms with Gasteiger partial charge in [0.05, 0.1) is 7.11 Å². The van der Waals surface area contributed by atoms with Gasteiger partial charge in [0.1, 0.15) is 0 Å². The summed E-state index contributed by atoms with van der Waals surface area (Å²) < 4.78 is 4.31. The van der Waals surface area contributed by atoms with Gasteiger partial charge in [-0.3, -0.25) is 5.84 Å². The van der Waals surface area contributed by atoms with Gasteiger partial charge in [-0.25, -0.2) is 4.79 Å². The van der Waals surface area contributed by atoms with Crippen LogP contribution < -0.4 is 11.3 Å². The van der Waals surface area contributed by atoms with Crippen LogP contribution in [0.1, 0.15) is 6.92 Å². The summed E-state index contributed by atoms with van der Waals surface area (Å²) in [4.78, 5) is 10.4. The number of rotatable bonds is 2. The summed E-state index contributed by atoms with van der Waals surface area (Å²) in [5.41, 5.74) is 2.86. The normalized spacial score (nSPS) is 10.8. The van der Waals surface area contributed by atoms with Crippen LogP contribution in [-0.2, 0) is 9.53 Å². The quantitative estimate of drug-likeness (QED) is 0.229. The molecule has 0 fully saturated rings. The van der Waals surface area contributed by atoms with Crippen molar-refractivity contribution >= 4 is 5.97 Å². The molecule has 0 saturated carbocycles. The Morgan fingerprint density at radius 1 is 1.78 bits per heavy atom. The first-order valence-corrected chi connectivity index (χ1v) is 2.43. The van der Waals surface area contributed by atoms with Crippen LogP contribution in [0, 0.1) is 0 Å². The number of esters is 1. The minimum Gasteiger partial charge on any atom is -0.466 e. The van der Waals surface area contributed by atoms with E-state index in [1.165, 1.54) is 13.2 Å². The molecule has 0 aromatic heterocycles. The van der Waals surface area contributed by atoms with E-state index in [-0.39, 0.29) is 0 Å². The molecule has 0 saturated heterocycles. The molecule has 0 aliphatic heterocycles. The highest BCUT2D eigenvalue weighted by Crippen LogP contribution is 1.83. The summed E-state index contributed by atoms with van der Waals surface area (Å²) in [6.45, 7) is 1.66. The zero-order valence-electron chi connectivity index (χ0n) is 5.47. The van der Waals surface area contributed by atoms with Crippen LogP contribution in [0.15, 0.2) is 11.8 Å². The number of nitrogens with one attached hydrogen (secondary N) is 1. The Bertz CT molecular complexity index is 131. The number of nitrogens with two attached hydrogens (primary N) is 1. The Balaban J connectivity index is 3.79. The Morgan fingerprint density at radius 3 is 2.67 bits per heavy atom. The molecule has 3 N–H and O–H groups in total. The SMILES string of the molecule is COC(=O)/C=C(/C)NN. The third-order valence-electron chi connectivity index (χ3n) is 0.763. The molecule has 0 aromatic carbocycles. The van der Waals surface area contributed by atoms with Crippen LogP contribution in [0.2, 0.25) is 0 Å². The molecule has 0 aromatic rings. The van der Waals surface area contributed by atoms with Gasteiger partial charge in [0, 0.05) is 11.8 Å². The van der Waals surface area contributed by atoms with Crippen molar-refractivity contribution < 1.29 is 9.53 Å². The lowest BCUT2D eigenvalue weighted by Gasteiger charge is -1.95. The molecule has 0 spiro atoms. The van der Waals surface area contributed by atoms with Gasteiger partial charge in [-0.1, -0.05) is 0 Å². The van der Waals surface area contributed by atoms with E-state index in [4.69, 9.17) is 5.84 Å². The second-order valence-corrected chi connectivity index (χ2v) is 1.49. The number of hydrogen-bond acceptors (Lipinski definition) is 4. The first kappa shape index (κ1) is 7.97. The van der Waals surface area contributed by atoms with E-state index in [2.05, 4.69) is 10.2 Å². The number of carbonyl (C=O) groups excluding carboxylic acids is 1. The topological polar surface area (TPSA) is 64.3 Å². The Labute approximate surface area is 53.6 Å². The molecule has 0 amide bonds. The highest BCUT2D eigenvalue weighted by Gasteiger charge is 1.92. The van der Waals surface area contributed by atoms with Crippen molar-refractivity contribution in [2.75, 3.05) is 7.11 Å². The van der Waals surface area contributed by atoms with Gasteiger partial charge in [-0.2, -0.15) is 0 Å². The number of methoxy groups -OCH3 is 1. The second kappa shape index (κ2) is 3.91. The van der Waals surface area contributed by atoms with E-state index in [1.807, 2.05) is 0 Å². The molecule has 9 heavy (non-hydrogen) atoms. The van der Waals surface area contributed by atoms with E-state index in [0.29, 0.717) is 5.70 Å². The van der Waals surface area contributed by atoms with Crippen molar-refractivity contribution in [2.45, 2.75) is 6.92 Å². The molecule has 52 valence electrons. The summed E-state index contributed by atoms with van der Waals surface area (Å²) >= 11 is 0. The first-order valence-electron chi connectivity index (χ1n) is 2.43. The van der Waals surface area contributed by atoms with Gasteiger partial charge in [0.15, 0.2) is 0 Å². The van der Waals surface area contributed by atoms with Crippen LogP contribution in [-0.4, -0.2) is 13.1 Å². The van der Waals surface area contributed by atoms with Crippen molar-refractivity contribution in [3.63, 3.8) is 0 Å². The van der Waals surface area contributed by atoms with Gasteiger partial charge in [-0.15, -0.1) is 0 Å². The predicted molar refractivity (Wildman–Crippen MR) is 33.1 cm³/mol. The lowest BCUT2D eigenvalue weighted by atomic mass is 10.4. The fourth-order valence-corrected chi connectivity index (χ4v) is 0.277. The van der Waals surface area contributed by atoms with Gasteiger partial charge in [0.25, 0.3) is 0 Å². The first-order chi connectivity index (χ1) is 4.20. The van der Waals surface area contributed by atoms with Crippen molar-refractivity contribution in [1.82, 2.24) is 5.43 Å². The molecule has 0 bridgehead atoms. The molecule has 0 unspecified atom stereocenters. The van der Waals surface area contributed by atoms with Crippen molar-refractivity contribution in [3.05, 3.63) is 11.8 Å². The molecule has 0 rings (SSSR count). The predicted octanol–water partition coefficient (Wildman–Crippen LogP) is -0.474. The number of ether oxygens (including phenoxy) is 1. The van der Waals surface area contributed by atoms with Crippen molar-refractivity contribution in [1.29, 1.82) is 0 Å². The van der Waals surface area contributed by atoms with Crippen LogP contribution in [0.4, 0.5) is 0 Å². The Morgan fingerprint density at radius 2 is 2.33 bits per heavy atom. The average Bonchev–Trinajstić information content (AvgIpc) is 1.87. The summed E-state index contributed by atoms with van der Waals surface area (Å²) in [5.74, 6) is 4.54. The smallest absolute Gasteiger partial charge is 0.332 e. The third-order valence-corrected chi connectivity index (χ3v) is 0.763. The highest BCUT2D eigenvalue weighted by molar-refractivity contribution is 5.82. The summed E-state index contributed by atoms with van der Waals surface area (Å²) in [7, 11) is 1.31. The zero-order valence-corrected chi connectivity index (χ0v) is 5.47. The van der Waals surface area contributed by atoms with E-state index in [9.17, 15) is 4.79 Å². The zero-order chi connectivity index (χ0) is 7.28. The second-order valence-electron chi connectivity index (χ2n) is 1.49. The standard InChI is InChI=1S/C5H10N2O2/c1-4(7-6)3-5(8)9-2/h3,7H,6H2,1-2H3/b4-3-. The largest absolute Gasteiger partial charge is 0.466 e. The fraction of sp³-hybridized carbons (Fsp3) is 0.400. The molecular formula is C5H10N2O2. The maximum absolute atomic E-state index is 10.4. The molecule has 0 radical (unpaired) electrons. The fourth-order valence-electron chi connectivity index (χ4n) is 0.277. The number of hydrogen-bond donors (Lipinski definition) is 2. The molecule has 0 aliphatic carbocycles. The highest BCUT2D eigenvalue weighted by atomic mass is 16.5. The van der Waals surface area contributed by atoms with Gasteiger partial charge < -0.3 is 10.2 Å². The molecule has 4 nitrogen and oxygen atoms in total. The summed E-state index contributed by atoms with van der Waals surface area (Å²) in [6.07, 6.45) is 1.26. The van der Waals surface area contributed by atoms with Crippen LogP contribution in [0.5, 0.6) is 0 Å². The molecule has 0 aliphatic rings. The minimum atomic E-state index is -0.412. The van der Waals surface area contributed by atoms with E-state index in [1.54, 1.807) is 6.92 Å². The van der Waals surface area contributed by atoms with Crippen molar-refractivity contribution in [3.8, 4) is 0 Å². The maximum atomic E-state index is 10.4. The molecule has 4 heteroatoms. The Kier molecular flexibility index (Phi) is 3.46. The van der Waals surface area contributed by atoms with Crippen LogP contribution >= 0.6 is 0 Å². The molecular weight excluding hydrogens is 120 g/mol. The molecule has 0 atom stereocenters. The number of hydrazine groups is 1. The number of carbonyl (C=O) groups is 1. The molecule has 0 heterocycles. The third kappa shape index (κ3) is 3.54. The Hall–Kier alpha value is -1.03. The van der Waals surface area contributed by atoms with Gasteiger partial charge in [0.2, 0.25) is 0 Å². The lowest BCUT2D eigenvalue weighted by Crippen LogP contribution is -2.20. The van der Waals surface area contributed by atoms with E-state index < -0.39 is 5.97 Å². The van der Waals surface area contributed by atoms with Gasteiger partial charge >= 0.3 is 5.97 Å².